The quantitative estimate of drug-likeness (QED) is 0.919. The van der Waals surface area contributed by atoms with Gasteiger partial charge in [-0.05, 0) is 36.5 Å². The highest BCUT2D eigenvalue weighted by Gasteiger charge is 2.54. The SMILES string of the molecule is O=C(O)[C@@]12CCC[C@H]1CN(Cc1cc(Cl)c3c(c1)OCCO3)C2. The first-order valence-corrected chi connectivity index (χ1v) is 8.50. The molecule has 6 heteroatoms. The smallest absolute Gasteiger partial charge is 0.311 e. The molecule has 1 saturated heterocycles. The molecule has 3 aliphatic rings. The van der Waals surface area contributed by atoms with E-state index in [2.05, 4.69) is 4.90 Å². The third kappa shape index (κ3) is 2.46. The number of rotatable bonds is 3. The van der Waals surface area contributed by atoms with Crippen molar-refractivity contribution in [1.82, 2.24) is 4.90 Å². The molecule has 1 aromatic carbocycles. The molecular formula is C17H20ClNO4. The Balaban J connectivity index is 1.53. The summed E-state index contributed by atoms with van der Waals surface area (Å²) in [5, 5.41) is 10.2. The van der Waals surface area contributed by atoms with Crippen molar-refractivity contribution in [1.29, 1.82) is 0 Å². The fourth-order valence-corrected chi connectivity index (χ4v) is 4.66. The van der Waals surface area contributed by atoms with Gasteiger partial charge in [0.25, 0.3) is 0 Å². The fraction of sp³-hybridized carbons (Fsp3) is 0.588. The minimum Gasteiger partial charge on any atom is -0.486 e. The van der Waals surface area contributed by atoms with Crippen molar-refractivity contribution in [2.45, 2.75) is 25.8 Å². The van der Waals surface area contributed by atoms with Crippen LogP contribution in [0.1, 0.15) is 24.8 Å². The second kappa shape index (κ2) is 5.56. The minimum atomic E-state index is -0.636. The average Bonchev–Trinajstić information content (AvgIpc) is 3.05. The lowest BCUT2D eigenvalue weighted by Gasteiger charge is -2.24. The van der Waals surface area contributed by atoms with E-state index in [0.29, 0.717) is 42.8 Å². The lowest BCUT2D eigenvalue weighted by atomic mass is 9.81. The highest BCUT2D eigenvalue weighted by molar-refractivity contribution is 6.32. The Morgan fingerprint density at radius 1 is 1.39 bits per heavy atom. The van der Waals surface area contributed by atoms with Crippen LogP contribution < -0.4 is 9.47 Å². The number of hydrogen-bond acceptors (Lipinski definition) is 4. The van der Waals surface area contributed by atoms with Gasteiger partial charge in [0.1, 0.15) is 13.2 Å². The predicted octanol–water partition coefficient (Wildman–Crippen LogP) is 2.80. The van der Waals surface area contributed by atoms with Gasteiger partial charge in [-0.2, -0.15) is 0 Å². The second-order valence-electron chi connectivity index (χ2n) is 6.82. The molecule has 0 spiro atoms. The molecule has 2 fully saturated rings. The Morgan fingerprint density at radius 2 is 2.22 bits per heavy atom. The van der Waals surface area contributed by atoms with Crippen LogP contribution in [-0.4, -0.2) is 42.3 Å². The summed E-state index contributed by atoms with van der Waals surface area (Å²) < 4.78 is 11.2. The summed E-state index contributed by atoms with van der Waals surface area (Å²) >= 11 is 6.29. The number of carbonyl (C=O) groups is 1. The first kappa shape index (κ1) is 15.1. The molecule has 1 aromatic rings. The van der Waals surface area contributed by atoms with Crippen molar-refractivity contribution in [3.05, 3.63) is 22.7 Å². The third-order valence-electron chi connectivity index (χ3n) is 5.43. The van der Waals surface area contributed by atoms with E-state index >= 15 is 0 Å². The van der Waals surface area contributed by atoms with Crippen LogP contribution >= 0.6 is 11.6 Å². The maximum absolute atomic E-state index is 11.8. The summed E-state index contributed by atoms with van der Waals surface area (Å²) in [6.45, 7) is 3.21. The summed E-state index contributed by atoms with van der Waals surface area (Å²) in [5.74, 6) is 0.934. The highest BCUT2D eigenvalue weighted by atomic mass is 35.5. The summed E-state index contributed by atoms with van der Waals surface area (Å²) in [5.41, 5.74) is 0.497. The van der Waals surface area contributed by atoms with E-state index in [1.165, 1.54) is 0 Å². The Hall–Kier alpha value is -1.46. The van der Waals surface area contributed by atoms with Crippen LogP contribution in [0.25, 0.3) is 0 Å². The average molecular weight is 338 g/mol. The summed E-state index contributed by atoms with van der Waals surface area (Å²) in [6, 6.07) is 3.86. The topological polar surface area (TPSA) is 59.0 Å². The first-order valence-electron chi connectivity index (χ1n) is 8.12. The number of nitrogens with zero attached hydrogens (tertiary/aromatic N) is 1. The summed E-state index contributed by atoms with van der Waals surface area (Å²) in [4.78, 5) is 14.0. The number of halogens is 1. The van der Waals surface area contributed by atoms with E-state index in [1.54, 1.807) is 0 Å². The lowest BCUT2D eigenvalue weighted by Crippen LogP contribution is -2.35. The number of carboxylic acids is 1. The van der Waals surface area contributed by atoms with Gasteiger partial charge in [-0.15, -0.1) is 0 Å². The van der Waals surface area contributed by atoms with E-state index in [0.717, 1.165) is 31.4 Å². The maximum Gasteiger partial charge on any atom is 0.311 e. The molecule has 5 nitrogen and oxygen atoms in total. The van der Waals surface area contributed by atoms with Gasteiger partial charge in [0.2, 0.25) is 0 Å². The molecule has 1 aliphatic carbocycles. The Labute approximate surface area is 140 Å². The van der Waals surface area contributed by atoms with Gasteiger partial charge >= 0.3 is 5.97 Å². The summed E-state index contributed by atoms with van der Waals surface area (Å²) in [6.07, 6.45) is 2.84. The van der Waals surface area contributed by atoms with Crippen molar-refractivity contribution in [3.63, 3.8) is 0 Å². The summed E-state index contributed by atoms with van der Waals surface area (Å²) in [7, 11) is 0. The van der Waals surface area contributed by atoms with Crippen molar-refractivity contribution in [2.75, 3.05) is 26.3 Å². The largest absolute Gasteiger partial charge is 0.486 e. The van der Waals surface area contributed by atoms with Gasteiger partial charge in [-0.3, -0.25) is 9.69 Å². The first-order chi connectivity index (χ1) is 11.1. The van der Waals surface area contributed by atoms with Gasteiger partial charge in [-0.25, -0.2) is 0 Å². The van der Waals surface area contributed by atoms with Crippen LogP contribution in [0.15, 0.2) is 12.1 Å². The van der Waals surface area contributed by atoms with E-state index < -0.39 is 11.4 Å². The van der Waals surface area contributed by atoms with Crippen LogP contribution in [-0.2, 0) is 11.3 Å². The van der Waals surface area contributed by atoms with Gasteiger partial charge in [0.15, 0.2) is 11.5 Å². The number of hydrogen-bond donors (Lipinski definition) is 1. The van der Waals surface area contributed by atoms with Crippen molar-refractivity contribution >= 4 is 17.6 Å². The second-order valence-corrected chi connectivity index (χ2v) is 7.23. The molecule has 23 heavy (non-hydrogen) atoms. The van der Waals surface area contributed by atoms with Gasteiger partial charge in [0, 0.05) is 19.6 Å². The van der Waals surface area contributed by atoms with E-state index in [1.807, 2.05) is 12.1 Å². The van der Waals surface area contributed by atoms with Gasteiger partial charge in [-0.1, -0.05) is 18.0 Å². The predicted molar refractivity (Wildman–Crippen MR) is 85.1 cm³/mol. The fourth-order valence-electron chi connectivity index (χ4n) is 4.38. The van der Waals surface area contributed by atoms with Crippen LogP contribution in [0.2, 0.25) is 5.02 Å². The maximum atomic E-state index is 11.8. The molecule has 1 N–H and O–H groups in total. The number of aliphatic carboxylic acids is 1. The lowest BCUT2D eigenvalue weighted by molar-refractivity contribution is -0.149. The molecule has 0 unspecified atom stereocenters. The number of fused-ring (bicyclic) bond motifs is 2. The van der Waals surface area contributed by atoms with E-state index in [9.17, 15) is 9.90 Å². The normalized spacial score (nSPS) is 29.5. The van der Waals surface area contributed by atoms with E-state index in [-0.39, 0.29) is 5.92 Å². The molecule has 2 heterocycles. The van der Waals surface area contributed by atoms with E-state index in [4.69, 9.17) is 21.1 Å². The van der Waals surface area contributed by atoms with Crippen LogP contribution in [0, 0.1) is 11.3 Å². The van der Waals surface area contributed by atoms with Crippen LogP contribution in [0.4, 0.5) is 0 Å². The van der Waals surface area contributed by atoms with Gasteiger partial charge in [0.05, 0.1) is 10.4 Å². The van der Waals surface area contributed by atoms with Crippen molar-refractivity contribution < 1.29 is 19.4 Å². The minimum absolute atomic E-state index is 0.271. The Bertz CT molecular complexity index is 650. The Morgan fingerprint density at radius 3 is 3.00 bits per heavy atom. The number of likely N-dealkylation sites (tertiary alicyclic amines) is 1. The molecular weight excluding hydrogens is 318 g/mol. The molecule has 0 amide bonds. The molecule has 0 bridgehead atoms. The molecule has 0 radical (unpaired) electrons. The zero-order valence-corrected chi connectivity index (χ0v) is 13.6. The zero-order valence-electron chi connectivity index (χ0n) is 12.9. The molecule has 124 valence electrons. The van der Waals surface area contributed by atoms with Crippen LogP contribution in [0.5, 0.6) is 11.5 Å². The van der Waals surface area contributed by atoms with Gasteiger partial charge < -0.3 is 14.6 Å². The molecule has 2 aliphatic heterocycles. The standard InChI is InChI=1S/C17H20ClNO4/c18-13-6-11(7-14-15(13)23-5-4-22-14)8-19-9-12-2-1-3-17(12,10-19)16(20)21/h6-7,12H,1-5,8-10H2,(H,20,21)/t12-,17+/m0/s1. The highest BCUT2D eigenvalue weighted by Crippen LogP contribution is 2.49. The number of carboxylic acid groups (broad SMARTS) is 1. The molecule has 0 aromatic heterocycles. The molecule has 1 saturated carbocycles. The van der Waals surface area contributed by atoms with Crippen molar-refractivity contribution in [2.24, 2.45) is 11.3 Å². The van der Waals surface area contributed by atoms with Crippen molar-refractivity contribution in [3.8, 4) is 11.5 Å². The Kier molecular flexibility index (Phi) is 3.65. The molecule has 2 atom stereocenters. The zero-order chi connectivity index (χ0) is 16.0. The number of ether oxygens (including phenoxy) is 2. The number of benzene rings is 1. The molecule has 4 rings (SSSR count). The van der Waals surface area contributed by atoms with Crippen LogP contribution in [0.3, 0.4) is 0 Å². The third-order valence-corrected chi connectivity index (χ3v) is 5.71. The monoisotopic (exact) mass is 337 g/mol.